The summed E-state index contributed by atoms with van der Waals surface area (Å²) in [6, 6.07) is 22.8. The number of carbonyl (C=O) groups excluding carboxylic acids is 2. The first-order chi connectivity index (χ1) is 18.5. The van der Waals surface area contributed by atoms with Crippen molar-refractivity contribution in [3.05, 3.63) is 111 Å². The average Bonchev–Trinajstić information content (AvgIpc) is 3.48. The summed E-state index contributed by atoms with van der Waals surface area (Å²) < 4.78 is 11.3. The summed E-state index contributed by atoms with van der Waals surface area (Å²) >= 11 is 7.32. The fourth-order valence-electron chi connectivity index (χ4n) is 3.76. The van der Waals surface area contributed by atoms with Gasteiger partial charge in [0.05, 0.1) is 18.6 Å². The van der Waals surface area contributed by atoms with Crippen molar-refractivity contribution in [3.8, 4) is 11.4 Å². The van der Waals surface area contributed by atoms with E-state index in [1.807, 2.05) is 12.1 Å². The molecule has 0 spiro atoms. The number of hydrogen-bond acceptors (Lipinski definition) is 7. The van der Waals surface area contributed by atoms with Gasteiger partial charge in [0.2, 0.25) is 11.5 Å². The van der Waals surface area contributed by atoms with Crippen LogP contribution in [0.3, 0.4) is 0 Å². The number of aliphatic imine (C=N–C) groups is 1. The highest BCUT2D eigenvalue weighted by molar-refractivity contribution is 8.14. The number of benzene rings is 3. The summed E-state index contributed by atoms with van der Waals surface area (Å²) in [5.74, 6) is -0.421. The summed E-state index contributed by atoms with van der Waals surface area (Å²) in [6.45, 7) is 0. The standard InChI is InChI=1S/C27H19ClN4O5S/c1-36-20-13-11-19(12-14-20)32-24(26(35)37-30-32)23(33)16-38-27-29-22(15-17-7-5-6-10-21(17)28)25(34)31(27)18-8-3-2-4-9-18/h2-15H,16H2,1H3/p+1/b22-15+. The van der Waals surface area contributed by atoms with Gasteiger partial charge < -0.3 is 4.74 Å². The number of ketones is 1. The zero-order chi connectivity index (χ0) is 26.6. The first-order valence-corrected chi connectivity index (χ1v) is 12.7. The number of anilines is 1. The van der Waals surface area contributed by atoms with Crippen LogP contribution in [-0.2, 0) is 4.79 Å². The Morgan fingerprint density at radius 3 is 2.50 bits per heavy atom. The summed E-state index contributed by atoms with van der Waals surface area (Å²) in [6.07, 6.45) is 1.61. The lowest BCUT2D eigenvalue weighted by Gasteiger charge is -2.17. The van der Waals surface area contributed by atoms with Gasteiger partial charge in [-0.1, -0.05) is 59.8 Å². The molecule has 38 heavy (non-hydrogen) atoms. The number of carbonyl (C=O) groups is 2. The molecular weight excluding hydrogens is 528 g/mol. The minimum absolute atomic E-state index is 0.173. The van der Waals surface area contributed by atoms with E-state index in [9.17, 15) is 14.4 Å². The number of Topliss-reactive ketones (excluding diaryl/α,β-unsaturated/α-hetero) is 1. The molecule has 5 rings (SSSR count). The number of aromatic nitrogens is 2. The van der Waals surface area contributed by atoms with E-state index >= 15 is 0 Å². The SMILES string of the molecule is COc1ccc(-[n+]2[nH]oc(=O)c2C(=O)CSC2=N/C(=C/c3ccccc3Cl)C(=O)N2c2ccccc2)cc1. The number of amidine groups is 1. The van der Waals surface area contributed by atoms with Crippen molar-refractivity contribution >= 4 is 52.0 Å². The Hall–Kier alpha value is -4.41. The quantitative estimate of drug-likeness (QED) is 0.210. The number of H-pyrrole nitrogens is 1. The lowest BCUT2D eigenvalue weighted by molar-refractivity contribution is -0.672. The molecule has 0 radical (unpaired) electrons. The van der Waals surface area contributed by atoms with Gasteiger partial charge in [-0.15, -0.1) is 0 Å². The van der Waals surface area contributed by atoms with Gasteiger partial charge in [-0.2, -0.15) is 0 Å². The van der Waals surface area contributed by atoms with Crippen LogP contribution in [0.25, 0.3) is 11.8 Å². The van der Waals surface area contributed by atoms with Crippen LogP contribution < -0.4 is 19.9 Å². The van der Waals surface area contributed by atoms with Crippen LogP contribution in [-0.4, -0.2) is 35.0 Å². The Balaban J connectivity index is 1.44. The molecule has 1 aromatic heterocycles. The molecule has 11 heteroatoms. The number of methoxy groups -OCH3 is 1. The van der Waals surface area contributed by atoms with E-state index in [1.165, 1.54) is 16.7 Å². The van der Waals surface area contributed by atoms with Gasteiger partial charge in [-0.25, -0.2) is 9.79 Å². The monoisotopic (exact) mass is 547 g/mol. The minimum Gasteiger partial charge on any atom is -0.497 e. The zero-order valence-electron chi connectivity index (χ0n) is 20.0. The molecule has 0 unspecified atom stereocenters. The summed E-state index contributed by atoms with van der Waals surface area (Å²) in [5.41, 5.74) is 0.914. The molecule has 0 saturated carbocycles. The molecule has 0 fully saturated rings. The zero-order valence-corrected chi connectivity index (χ0v) is 21.5. The third-order valence-electron chi connectivity index (χ3n) is 5.62. The third kappa shape index (κ3) is 5.04. The maximum Gasteiger partial charge on any atom is 0.438 e. The molecule has 0 bridgehead atoms. The van der Waals surface area contributed by atoms with E-state index in [1.54, 1.807) is 72.8 Å². The van der Waals surface area contributed by atoms with Crippen molar-refractivity contribution < 1.29 is 23.5 Å². The van der Waals surface area contributed by atoms with Gasteiger partial charge in [0.1, 0.15) is 11.4 Å². The van der Waals surface area contributed by atoms with Crippen LogP contribution in [0.2, 0.25) is 5.02 Å². The van der Waals surface area contributed by atoms with Crippen LogP contribution in [0.5, 0.6) is 5.75 Å². The number of para-hydroxylation sites is 1. The van der Waals surface area contributed by atoms with Crippen molar-refractivity contribution in [1.29, 1.82) is 0 Å². The van der Waals surface area contributed by atoms with Crippen LogP contribution in [0.15, 0.2) is 98.9 Å². The highest BCUT2D eigenvalue weighted by Gasteiger charge is 2.35. The van der Waals surface area contributed by atoms with Gasteiger partial charge in [-0.3, -0.25) is 19.0 Å². The molecule has 190 valence electrons. The molecule has 4 aromatic rings. The van der Waals surface area contributed by atoms with E-state index < -0.39 is 11.4 Å². The van der Waals surface area contributed by atoms with E-state index in [2.05, 4.69) is 10.3 Å². The largest absolute Gasteiger partial charge is 0.497 e. The Bertz CT molecular complexity index is 1630. The number of rotatable bonds is 7. The molecule has 0 atom stereocenters. The number of thioether (sulfide) groups is 1. The normalized spacial score (nSPS) is 14.2. The number of hydrogen-bond donors (Lipinski definition) is 1. The second kappa shape index (κ2) is 10.9. The fraction of sp³-hybridized carbons (Fsp3) is 0.0741. The molecule has 0 aliphatic carbocycles. The molecular formula is C27H20ClN4O5S+. The second-order valence-corrected chi connectivity index (χ2v) is 9.35. The number of ether oxygens (including phenoxy) is 1. The summed E-state index contributed by atoms with van der Waals surface area (Å²) in [7, 11) is 1.54. The highest BCUT2D eigenvalue weighted by atomic mass is 35.5. The van der Waals surface area contributed by atoms with Crippen molar-refractivity contribution in [3.63, 3.8) is 0 Å². The molecule has 1 amide bonds. The van der Waals surface area contributed by atoms with E-state index in [0.29, 0.717) is 32.9 Å². The minimum atomic E-state index is -0.810. The maximum atomic E-state index is 13.4. The predicted molar refractivity (Wildman–Crippen MR) is 145 cm³/mol. The van der Waals surface area contributed by atoms with Gasteiger partial charge in [0.15, 0.2) is 5.17 Å². The molecule has 1 aliphatic heterocycles. The Kier molecular flexibility index (Phi) is 7.25. The van der Waals surface area contributed by atoms with Crippen LogP contribution in [0, 0.1) is 0 Å². The molecule has 1 aliphatic rings. The third-order valence-corrected chi connectivity index (χ3v) is 6.90. The van der Waals surface area contributed by atoms with Crippen LogP contribution in [0.4, 0.5) is 5.69 Å². The van der Waals surface area contributed by atoms with Gasteiger partial charge in [-0.05, 0) is 51.9 Å². The number of nitrogens with one attached hydrogen (secondary N) is 1. The van der Waals surface area contributed by atoms with Crippen molar-refractivity contribution in [2.75, 3.05) is 17.8 Å². The topological polar surface area (TPSA) is 109 Å². The summed E-state index contributed by atoms with van der Waals surface area (Å²) in [4.78, 5) is 44.9. The van der Waals surface area contributed by atoms with Crippen LogP contribution >= 0.6 is 23.4 Å². The molecule has 3 aromatic carbocycles. The Morgan fingerprint density at radius 2 is 1.79 bits per heavy atom. The van der Waals surface area contributed by atoms with Crippen LogP contribution in [0.1, 0.15) is 16.1 Å². The smallest absolute Gasteiger partial charge is 0.438 e. The van der Waals surface area contributed by atoms with E-state index in [4.69, 9.17) is 20.9 Å². The number of amides is 1. The number of nitrogens with zero attached hydrogens (tertiary/aromatic N) is 3. The first-order valence-electron chi connectivity index (χ1n) is 11.3. The van der Waals surface area contributed by atoms with E-state index in [0.717, 1.165) is 11.8 Å². The molecule has 1 N–H and O–H groups in total. The maximum absolute atomic E-state index is 13.4. The highest BCUT2D eigenvalue weighted by Crippen LogP contribution is 2.30. The molecule has 0 saturated heterocycles. The lowest BCUT2D eigenvalue weighted by atomic mass is 10.2. The number of halogens is 1. The van der Waals surface area contributed by atoms with Gasteiger partial charge >= 0.3 is 11.3 Å². The summed E-state index contributed by atoms with van der Waals surface area (Å²) in [5, 5.41) is 3.23. The molecule has 9 nitrogen and oxygen atoms in total. The van der Waals surface area contributed by atoms with Crippen molar-refractivity contribution in [2.45, 2.75) is 0 Å². The fourth-order valence-corrected chi connectivity index (χ4v) is 4.83. The van der Waals surface area contributed by atoms with Gasteiger partial charge in [0, 0.05) is 17.2 Å². The predicted octanol–water partition coefficient (Wildman–Crippen LogP) is 4.27. The Morgan fingerprint density at radius 1 is 1.08 bits per heavy atom. The lowest BCUT2D eigenvalue weighted by Crippen LogP contribution is -2.41. The van der Waals surface area contributed by atoms with Crippen molar-refractivity contribution in [2.24, 2.45) is 4.99 Å². The van der Waals surface area contributed by atoms with Gasteiger partial charge in [0.25, 0.3) is 5.91 Å². The van der Waals surface area contributed by atoms with Crippen molar-refractivity contribution in [1.82, 2.24) is 5.27 Å². The average molecular weight is 548 g/mol. The second-order valence-electron chi connectivity index (χ2n) is 8.00. The number of aromatic amines is 1. The molecule has 2 heterocycles. The van der Waals surface area contributed by atoms with E-state index in [-0.39, 0.29) is 23.1 Å². The first kappa shape index (κ1) is 25.2. The Labute approximate surface area is 226 Å².